The van der Waals surface area contributed by atoms with Crippen molar-refractivity contribution in [3.63, 3.8) is 0 Å². The number of carbonyl (C=O) groups excluding carboxylic acids is 1. The minimum atomic E-state index is 0.173. The van der Waals surface area contributed by atoms with Crippen molar-refractivity contribution >= 4 is 71.3 Å². The van der Waals surface area contributed by atoms with Gasteiger partial charge in [-0.15, -0.1) is 0 Å². The van der Waals surface area contributed by atoms with Gasteiger partial charge in [-0.2, -0.15) is 0 Å². The Bertz CT molecular complexity index is 1050. The first-order valence-corrected chi connectivity index (χ1v) is 8.27. The molecule has 0 amide bonds. The van der Waals surface area contributed by atoms with Crippen molar-refractivity contribution in [3.05, 3.63) is 55.8 Å². The summed E-state index contributed by atoms with van der Waals surface area (Å²) in [5.74, 6) is 0.173. The van der Waals surface area contributed by atoms with Crippen molar-refractivity contribution < 1.29 is 4.79 Å². The molecule has 0 radical (unpaired) electrons. The predicted molar refractivity (Wildman–Crippen MR) is 94.7 cm³/mol. The fourth-order valence-corrected chi connectivity index (χ4v) is 3.81. The maximum absolute atomic E-state index is 11.6. The normalized spacial score (nSPS) is 13.9. The van der Waals surface area contributed by atoms with Crippen molar-refractivity contribution in [1.29, 1.82) is 0 Å². The lowest BCUT2D eigenvalue weighted by molar-refractivity contribution is -0.112. The Balaban J connectivity index is 2.25. The zero-order valence-electron chi connectivity index (χ0n) is 11.0. The van der Waals surface area contributed by atoms with E-state index in [1.54, 1.807) is 6.08 Å². The second-order valence-electron chi connectivity index (χ2n) is 5.25. The van der Waals surface area contributed by atoms with E-state index in [4.69, 9.17) is 0 Å². The van der Waals surface area contributed by atoms with E-state index in [0.717, 1.165) is 24.8 Å². The van der Waals surface area contributed by atoms with Crippen molar-refractivity contribution in [1.82, 2.24) is 0 Å². The highest BCUT2D eigenvalue weighted by Gasteiger charge is 2.09. The summed E-state index contributed by atoms with van der Waals surface area (Å²) in [7, 11) is 0. The minimum Gasteiger partial charge on any atom is -0.294 e. The van der Waals surface area contributed by atoms with E-state index in [9.17, 15) is 4.79 Å². The van der Waals surface area contributed by atoms with Gasteiger partial charge < -0.3 is 0 Å². The number of Topliss-reactive ketones (excluding diaryl/α,β-unsaturated/α-hetero) is 1. The summed E-state index contributed by atoms with van der Waals surface area (Å²) in [6.45, 7) is 0. The molecule has 0 spiro atoms. The Morgan fingerprint density at radius 2 is 1.67 bits per heavy atom. The summed E-state index contributed by atoms with van der Waals surface area (Å²) in [5, 5.41) is 6.92. The maximum Gasteiger partial charge on any atom is 0.160 e. The van der Waals surface area contributed by atoms with Gasteiger partial charge in [0, 0.05) is 20.8 Å². The second-order valence-corrected chi connectivity index (χ2v) is 6.89. The monoisotopic (exact) mass is 400 g/mol. The van der Waals surface area contributed by atoms with E-state index in [0.29, 0.717) is 6.42 Å². The second kappa shape index (κ2) is 4.79. The quantitative estimate of drug-likeness (QED) is 0.519. The van der Waals surface area contributed by atoms with E-state index < -0.39 is 0 Å². The first-order valence-electron chi connectivity index (χ1n) is 6.69. The van der Waals surface area contributed by atoms with Gasteiger partial charge in [0.2, 0.25) is 0 Å². The molecular weight excluding hydrogens is 392 g/mol. The molecule has 102 valence electrons. The van der Waals surface area contributed by atoms with Gasteiger partial charge in [-0.05, 0) is 82.7 Å². The Kier molecular flexibility index (Phi) is 3.02. The first-order chi connectivity index (χ1) is 10.1. The fourth-order valence-electron chi connectivity index (χ4n) is 2.91. The van der Waals surface area contributed by atoms with Gasteiger partial charge >= 0.3 is 0 Å². The molecule has 0 saturated carbocycles. The van der Waals surface area contributed by atoms with Gasteiger partial charge in [0.15, 0.2) is 5.78 Å². The van der Waals surface area contributed by atoms with Crippen LogP contribution in [0.15, 0.2) is 45.3 Å². The number of benzene rings is 3. The van der Waals surface area contributed by atoms with Crippen LogP contribution in [0.5, 0.6) is 0 Å². The van der Waals surface area contributed by atoms with E-state index in [2.05, 4.69) is 68.3 Å². The lowest BCUT2D eigenvalue weighted by atomic mass is 9.98. The van der Waals surface area contributed by atoms with Crippen LogP contribution in [0.4, 0.5) is 0 Å². The van der Waals surface area contributed by atoms with Crippen LogP contribution in [0, 0.1) is 0 Å². The number of hydrogen-bond acceptors (Lipinski definition) is 1. The molecule has 0 aromatic heterocycles. The van der Waals surface area contributed by atoms with Gasteiger partial charge in [0.25, 0.3) is 0 Å². The van der Waals surface area contributed by atoms with Gasteiger partial charge in [-0.1, -0.05) is 24.3 Å². The van der Waals surface area contributed by atoms with Crippen molar-refractivity contribution in [2.45, 2.75) is 6.42 Å². The molecule has 0 heterocycles. The van der Waals surface area contributed by atoms with Crippen molar-refractivity contribution in [2.24, 2.45) is 0 Å². The predicted octanol–water partition coefficient (Wildman–Crippen LogP) is 4.05. The molecule has 0 unspecified atom stereocenters. The van der Waals surface area contributed by atoms with Crippen LogP contribution in [0.2, 0.25) is 0 Å². The lowest BCUT2D eigenvalue weighted by Gasteiger charge is -2.09. The molecule has 1 nitrogen and oxygen atoms in total. The molecule has 3 aromatic rings. The summed E-state index contributed by atoms with van der Waals surface area (Å²) in [5.41, 5.74) is 0. The summed E-state index contributed by atoms with van der Waals surface area (Å²) < 4.78 is 2.12. The molecule has 0 atom stereocenters. The third-order valence-corrected chi connectivity index (χ3v) is 5.95. The van der Waals surface area contributed by atoms with Gasteiger partial charge in [-0.25, -0.2) is 0 Å². The summed E-state index contributed by atoms with van der Waals surface area (Å²) in [6.07, 6.45) is 4.25. The third-order valence-electron chi connectivity index (χ3n) is 3.93. The van der Waals surface area contributed by atoms with Crippen molar-refractivity contribution in [2.75, 3.05) is 0 Å². The van der Waals surface area contributed by atoms with Gasteiger partial charge in [0.05, 0.1) is 0 Å². The molecule has 0 bridgehead atoms. The Morgan fingerprint density at radius 3 is 2.52 bits per heavy atom. The SMILES string of the molecule is O=C1C=c2cc3ccc4ccc(Br)c(Br)c4c3cc2=CC1. The Labute approximate surface area is 138 Å². The molecule has 3 heteroatoms. The molecule has 0 N–H and O–H groups in total. The topological polar surface area (TPSA) is 17.1 Å². The molecule has 0 fully saturated rings. The highest BCUT2D eigenvalue weighted by molar-refractivity contribution is 9.13. The van der Waals surface area contributed by atoms with Crippen LogP contribution in [0.25, 0.3) is 33.7 Å². The number of ketones is 1. The van der Waals surface area contributed by atoms with Gasteiger partial charge in [0.1, 0.15) is 0 Å². The smallest absolute Gasteiger partial charge is 0.160 e. The van der Waals surface area contributed by atoms with Crippen LogP contribution >= 0.6 is 31.9 Å². The molecule has 4 rings (SSSR count). The minimum absolute atomic E-state index is 0.173. The largest absolute Gasteiger partial charge is 0.294 e. The Hall–Kier alpha value is -1.45. The molecule has 3 aromatic carbocycles. The van der Waals surface area contributed by atoms with Crippen LogP contribution < -0.4 is 10.4 Å². The average Bonchev–Trinajstić information content (AvgIpc) is 2.48. The van der Waals surface area contributed by atoms with E-state index in [-0.39, 0.29) is 5.78 Å². The molecular formula is C18H10Br2O. The molecule has 0 aliphatic heterocycles. The summed E-state index contributed by atoms with van der Waals surface area (Å²) >= 11 is 7.27. The highest BCUT2D eigenvalue weighted by atomic mass is 79.9. The highest BCUT2D eigenvalue weighted by Crippen LogP contribution is 2.35. The number of halogens is 2. The van der Waals surface area contributed by atoms with Crippen molar-refractivity contribution in [3.8, 4) is 0 Å². The van der Waals surface area contributed by atoms with E-state index in [1.165, 1.54) is 16.2 Å². The van der Waals surface area contributed by atoms with Crippen LogP contribution in [0.1, 0.15) is 6.42 Å². The number of rotatable bonds is 0. The number of hydrogen-bond donors (Lipinski definition) is 0. The molecule has 21 heavy (non-hydrogen) atoms. The van der Waals surface area contributed by atoms with Crippen LogP contribution in [-0.4, -0.2) is 5.78 Å². The lowest BCUT2D eigenvalue weighted by Crippen LogP contribution is -2.28. The average molecular weight is 402 g/mol. The summed E-state index contributed by atoms with van der Waals surface area (Å²) in [4.78, 5) is 11.6. The zero-order chi connectivity index (χ0) is 14.6. The first kappa shape index (κ1) is 13.2. The zero-order valence-corrected chi connectivity index (χ0v) is 14.2. The summed E-state index contributed by atoms with van der Waals surface area (Å²) in [6, 6.07) is 12.7. The van der Waals surface area contributed by atoms with E-state index in [1.807, 2.05) is 6.08 Å². The Morgan fingerprint density at radius 1 is 0.905 bits per heavy atom. The fraction of sp³-hybridized carbons (Fsp3) is 0.0556. The maximum atomic E-state index is 11.6. The number of carbonyl (C=O) groups is 1. The molecule has 1 aliphatic carbocycles. The standard InChI is InChI=1S/C18H10Br2O/c19-16-6-4-10-1-2-12-7-13-8-14(21)5-3-11(13)9-15(12)17(10)18(16)20/h1-4,6-9H,5H2. The molecule has 1 aliphatic rings. The van der Waals surface area contributed by atoms with E-state index >= 15 is 0 Å². The third kappa shape index (κ3) is 2.07. The van der Waals surface area contributed by atoms with Crippen LogP contribution in [0.3, 0.4) is 0 Å². The number of fused-ring (bicyclic) bond motifs is 4. The molecule has 0 saturated heterocycles. The van der Waals surface area contributed by atoms with Crippen LogP contribution in [-0.2, 0) is 4.79 Å². The van der Waals surface area contributed by atoms with Gasteiger partial charge in [-0.3, -0.25) is 4.79 Å².